The summed E-state index contributed by atoms with van der Waals surface area (Å²) in [5, 5.41) is 9.06. The largest absolute Gasteiger partial charge is 0.443 e. The molecule has 5 heteroatoms. The monoisotopic (exact) mass is 238 g/mol. The lowest BCUT2D eigenvalue weighted by Crippen LogP contribution is -2.27. The lowest BCUT2D eigenvalue weighted by Gasteiger charge is -2.20. The van der Waals surface area contributed by atoms with Crippen molar-refractivity contribution in [2.24, 2.45) is 0 Å². The molecule has 1 aliphatic carbocycles. The molecule has 17 heavy (non-hydrogen) atoms. The van der Waals surface area contributed by atoms with Crippen LogP contribution in [0.3, 0.4) is 0 Å². The van der Waals surface area contributed by atoms with Crippen LogP contribution in [0.25, 0.3) is 0 Å². The van der Waals surface area contributed by atoms with Crippen molar-refractivity contribution in [3.8, 4) is 0 Å². The lowest BCUT2D eigenvalue weighted by molar-refractivity contribution is 0.0531. The highest BCUT2D eigenvalue weighted by Crippen LogP contribution is 2.39. The molecular formula is C12H18N2O3. The number of carbonyl (C=O) groups is 1. The van der Waals surface area contributed by atoms with Crippen LogP contribution < -0.4 is 0 Å². The van der Waals surface area contributed by atoms with Crippen molar-refractivity contribution in [3.05, 3.63) is 17.7 Å². The van der Waals surface area contributed by atoms with E-state index in [1.54, 1.807) is 6.20 Å². The SMILES string of the molecule is CC(C)(C)OC(=O)n1cc(CO)nc1C1CC1. The van der Waals surface area contributed by atoms with Gasteiger partial charge in [0.05, 0.1) is 12.3 Å². The average molecular weight is 238 g/mol. The van der Waals surface area contributed by atoms with E-state index in [2.05, 4.69) is 4.98 Å². The molecule has 0 aliphatic heterocycles. The molecule has 0 saturated heterocycles. The van der Waals surface area contributed by atoms with Gasteiger partial charge in [0.15, 0.2) is 0 Å². The number of aliphatic hydroxyl groups is 1. The second kappa shape index (κ2) is 4.14. The number of aliphatic hydroxyl groups excluding tert-OH is 1. The molecular weight excluding hydrogens is 220 g/mol. The highest BCUT2D eigenvalue weighted by molar-refractivity contribution is 5.72. The number of rotatable bonds is 2. The first-order valence-corrected chi connectivity index (χ1v) is 5.83. The van der Waals surface area contributed by atoms with Gasteiger partial charge in [0.1, 0.15) is 11.4 Å². The maximum Gasteiger partial charge on any atom is 0.420 e. The highest BCUT2D eigenvalue weighted by atomic mass is 16.6. The molecule has 1 saturated carbocycles. The Morgan fingerprint density at radius 2 is 2.24 bits per heavy atom. The highest BCUT2D eigenvalue weighted by Gasteiger charge is 2.32. The summed E-state index contributed by atoms with van der Waals surface area (Å²) in [6.45, 7) is 5.32. The summed E-state index contributed by atoms with van der Waals surface area (Å²) in [5.41, 5.74) is -0.0144. The predicted molar refractivity (Wildman–Crippen MR) is 61.8 cm³/mol. The van der Waals surface area contributed by atoms with Crippen molar-refractivity contribution < 1.29 is 14.6 Å². The number of carbonyl (C=O) groups excluding carboxylic acids is 1. The van der Waals surface area contributed by atoms with Crippen LogP contribution in [-0.2, 0) is 11.3 Å². The van der Waals surface area contributed by atoms with E-state index in [4.69, 9.17) is 9.84 Å². The van der Waals surface area contributed by atoms with E-state index in [-0.39, 0.29) is 6.61 Å². The smallest absolute Gasteiger partial charge is 0.420 e. The number of nitrogens with zero attached hydrogens (tertiary/aromatic N) is 2. The van der Waals surface area contributed by atoms with Crippen molar-refractivity contribution in [3.63, 3.8) is 0 Å². The van der Waals surface area contributed by atoms with Crippen LogP contribution in [0.5, 0.6) is 0 Å². The number of hydrogen-bond acceptors (Lipinski definition) is 4. The summed E-state index contributed by atoms with van der Waals surface area (Å²) in [5.74, 6) is 1.05. The molecule has 94 valence electrons. The molecule has 1 heterocycles. The lowest BCUT2D eigenvalue weighted by atomic mass is 10.2. The number of aromatic nitrogens is 2. The summed E-state index contributed by atoms with van der Waals surface area (Å²) in [6.07, 6.45) is 3.23. The van der Waals surface area contributed by atoms with E-state index in [9.17, 15) is 4.79 Å². The predicted octanol–water partition coefficient (Wildman–Crippen LogP) is 2.04. The first-order chi connectivity index (χ1) is 7.90. The Labute approximate surface area is 100 Å². The van der Waals surface area contributed by atoms with Crippen molar-refractivity contribution in [1.82, 2.24) is 9.55 Å². The molecule has 1 aromatic heterocycles. The van der Waals surface area contributed by atoms with Gasteiger partial charge >= 0.3 is 6.09 Å². The zero-order chi connectivity index (χ0) is 12.6. The van der Waals surface area contributed by atoms with Crippen LogP contribution in [0.15, 0.2) is 6.20 Å². The summed E-state index contributed by atoms with van der Waals surface area (Å²) >= 11 is 0. The van der Waals surface area contributed by atoms with Gasteiger partial charge in [-0.05, 0) is 33.6 Å². The first kappa shape index (κ1) is 12.1. The van der Waals surface area contributed by atoms with Crippen molar-refractivity contribution in [2.75, 3.05) is 0 Å². The molecule has 0 atom stereocenters. The first-order valence-electron chi connectivity index (χ1n) is 5.83. The molecule has 0 unspecified atom stereocenters. The fourth-order valence-electron chi connectivity index (χ4n) is 1.61. The molecule has 0 spiro atoms. The quantitative estimate of drug-likeness (QED) is 0.856. The molecule has 1 N–H and O–H groups in total. The second-order valence-electron chi connectivity index (χ2n) is 5.37. The minimum atomic E-state index is -0.526. The van der Waals surface area contributed by atoms with Gasteiger partial charge in [-0.2, -0.15) is 0 Å². The molecule has 2 rings (SSSR count). The van der Waals surface area contributed by atoms with Crippen LogP contribution in [0.2, 0.25) is 0 Å². The topological polar surface area (TPSA) is 64.3 Å². The number of ether oxygens (including phenoxy) is 1. The fraction of sp³-hybridized carbons (Fsp3) is 0.667. The van der Waals surface area contributed by atoms with Crippen LogP contribution in [0.1, 0.15) is 51.0 Å². The maximum atomic E-state index is 12.0. The van der Waals surface area contributed by atoms with Crippen molar-refractivity contribution >= 4 is 6.09 Å². The van der Waals surface area contributed by atoms with E-state index < -0.39 is 11.7 Å². The Morgan fingerprint density at radius 3 is 2.71 bits per heavy atom. The third kappa shape index (κ3) is 2.85. The zero-order valence-corrected chi connectivity index (χ0v) is 10.4. The fourth-order valence-corrected chi connectivity index (χ4v) is 1.61. The van der Waals surface area contributed by atoms with Gasteiger partial charge in [-0.15, -0.1) is 0 Å². The van der Waals surface area contributed by atoms with Gasteiger partial charge in [0.25, 0.3) is 0 Å². The van der Waals surface area contributed by atoms with Crippen molar-refractivity contribution in [2.45, 2.75) is 51.7 Å². The van der Waals surface area contributed by atoms with Gasteiger partial charge in [-0.3, -0.25) is 0 Å². The number of imidazole rings is 1. The Morgan fingerprint density at radius 1 is 1.59 bits per heavy atom. The van der Waals surface area contributed by atoms with Crippen LogP contribution >= 0.6 is 0 Å². The maximum absolute atomic E-state index is 12.0. The molecule has 1 fully saturated rings. The van der Waals surface area contributed by atoms with Gasteiger partial charge in [-0.1, -0.05) is 0 Å². The standard InChI is InChI=1S/C12H18N2O3/c1-12(2,3)17-11(16)14-6-9(7-15)13-10(14)8-4-5-8/h6,8,15H,4-5,7H2,1-3H3. The molecule has 1 aliphatic rings. The summed E-state index contributed by atoms with van der Waals surface area (Å²) in [4.78, 5) is 16.2. The molecule has 0 amide bonds. The Balaban J connectivity index is 2.24. The Bertz CT molecular complexity index is 427. The minimum Gasteiger partial charge on any atom is -0.443 e. The summed E-state index contributed by atoms with van der Waals surface area (Å²) in [7, 11) is 0. The van der Waals surface area contributed by atoms with Crippen molar-refractivity contribution in [1.29, 1.82) is 0 Å². The van der Waals surface area contributed by atoms with Crippen LogP contribution in [0, 0.1) is 0 Å². The molecule has 0 bridgehead atoms. The summed E-state index contributed by atoms with van der Waals surface area (Å²) in [6, 6.07) is 0. The van der Waals surface area contributed by atoms with Gasteiger partial charge in [0, 0.05) is 12.1 Å². The van der Waals surface area contributed by atoms with Gasteiger partial charge < -0.3 is 9.84 Å². The van der Waals surface area contributed by atoms with Gasteiger partial charge in [0.2, 0.25) is 0 Å². The third-order valence-corrected chi connectivity index (χ3v) is 2.48. The van der Waals surface area contributed by atoms with Crippen LogP contribution in [0.4, 0.5) is 4.79 Å². The zero-order valence-electron chi connectivity index (χ0n) is 10.4. The van der Waals surface area contributed by atoms with E-state index in [1.165, 1.54) is 4.57 Å². The molecule has 0 aromatic carbocycles. The number of hydrogen-bond donors (Lipinski definition) is 1. The van der Waals surface area contributed by atoms with E-state index in [0.717, 1.165) is 12.8 Å². The van der Waals surface area contributed by atoms with E-state index >= 15 is 0 Å². The van der Waals surface area contributed by atoms with E-state index in [1.807, 2.05) is 20.8 Å². The molecule has 0 radical (unpaired) electrons. The van der Waals surface area contributed by atoms with Gasteiger partial charge in [-0.25, -0.2) is 14.3 Å². The molecule has 1 aromatic rings. The molecule has 5 nitrogen and oxygen atoms in total. The third-order valence-electron chi connectivity index (χ3n) is 2.48. The Kier molecular flexibility index (Phi) is 2.95. The minimum absolute atomic E-state index is 0.157. The summed E-state index contributed by atoms with van der Waals surface area (Å²) < 4.78 is 6.73. The normalized spacial score (nSPS) is 16.0. The average Bonchev–Trinajstić information content (AvgIpc) is 2.95. The van der Waals surface area contributed by atoms with Crippen LogP contribution in [-0.4, -0.2) is 26.4 Å². The van der Waals surface area contributed by atoms with E-state index in [0.29, 0.717) is 17.4 Å². The second-order valence-corrected chi connectivity index (χ2v) is 5.37. The Hall–Kier alpha value is -1.36.